The Morgan fingerprint density at radius 2 is 1.90 bits per heavy atom. The third-order valence-corrected chi connectivity index (χ3v) is 3.98. The zero-order chi connectivity index (χ0) is 14.1. The lowest BCUT2D eigenvalue weighted by Gasteiger charge is -2.13. The van der Waals surface area contributed by atoms with Gasteiger partial charge in [0.2, 0.25) is 0 Å². The maximum Gasteiger partial charge on any atom is 0.145 e. The normalized spacial score (nSPS) is 18.4. The molecule has 104 valence electrons. The number of nitrogens with one attached hydrogen (secondary N) is 1. The van der Waals surface area contributed by atoms with E-state index in [0.717, 1.165) is 24.5 Å². The number of hydrogen-bond acceptors (Lipinski definition) is 3. The highest BCUT2D eigenvalue weighted by Crippen LogP contribution is 2.28. The zero-order valence-corrected chi connectivity index (χ0v) is 12.4. The van der Waals surface area contributed by atoms with Gasteiger partial charge in [0.05, 0.1) is 11.7 Å². The van der Waals surface area contributed by atoms with Crippen LogP contribution in [-0.2, 0) is 0 Å². The quantitative estimate of drug-likeness (QED) is 0.905. The Morgan fingerprint density at radius 3 is 2.55 bits per heavy atom. The van der Waals surface area contributed by atoms with Gasteiger partial charge < -0.3 is 5.32 Å². The summed E-state index contributed by atoms with van der Waals surface area (Å²) in [7, 11) is 0. The fourth-order valence-corrected chi connectivity index (χ4v) is 3.17. The van der Waals surface area contributed by atoms with E-state index in [9.17, 15) is 0 Å². The maximum absolute atomic E-state index is 4.80. The molecule has 3 nitrogen and oxygen atoms in total. The Labute approximate surface area is 120 Å². The fraction of sp³-hybridized carbons (Fsp3) is 0.412. The lowest BCUT2D eigenvalue weighted by molar-refractivity contribution is 0.605. The Hall–Kier alpha value is -1.74. The summed E-state index contributed by atoms with van der Waals surface area (Å²) >= 11 is 0. The molecule has 2 heterocycles. The summed E-state index contributed by atoms with van der Waals surface area (Å²) in [6.45, 7) is 7.52. The predicted molar refractivity (Wildman–Crippen MR) is 81.7 cm³/mol. The van der Waals surface area contributed by atoms with Gasteiger partial charge in [0.1, 0.15) is 5.82 Å². The molecule has 1 aromatic carbocycles. The van der Waals surface area contributed by atoms with Gasteiger partial charge in [-0.1, -0.05) is 17.7 Å². The number of nitrogens with zero attached hydrogens (tertiary/aromatic N) is 2. The first-order chi connectivity index (χ1) is 9.65. The average molecular weight is 267 g/mol. The lowest BCUT2D eigenvalue weighted by atomic mass is 9.97. The highest BCUT2D eigenvalue weighted by Gasteiger charge is 2.19. The van der Waals surface area contributed by atoms with Crippen LogP contribution in [0.5, 0.6) is 0 Å². The third-order valence-electron chi connectivity index (χ3n) is 3.98. The number of benzene rings is 1. The van der Waals surface area contributed by atoms with Gasteiger partial charge in [0.15, 0.2) is 0 Å². The molecule has 0 spiro atoms. The van der Waals surface area contributed by atoms with E-state index in [-0.39, 0.29) is 0 Å². The van der Waals surface area contributed by atoms with Crippen molar-refractivity contribution >= 4 is 0 Å². The van der Waals surface area contributed by atoms with Gasteiger partial charge in [-0.2, -0.15) is 0 Å². The molecule has 1 aromatic heterocycles. The topological polar surface area (TPSA) is 37.8 Å². The standard InChI is InChI=1S/C17H21N3/c1-11-9-12(2)16(13(3)10-11)14-6-8-19-17(20-14)15-5-4-7-18-15/h6,8-10,15,18H,4-5,7H2,1-3H3. The number of aryl methyl sites for hydroxylation is 3. The summed E-state index contributed by atoms with van der Waals surface area (Å²) in [5.41, 5.74) is 6.16. The second-order valence-electron chi connectivity index (χ2n) is 5.72. The number of rotatable bonds is 2. The minimum atomic E-state index is 0.320. The molecular formula is C17H21N3. The monoisotopic (exact) mass is 267 g/mol. The van der Waals surface area contributed by atoms with Crippen LogP contribution in [0.25, 0.3) is 11.3 Å². The number of hydrogen-bond donors (Lipinski definition) is 1. The molecule has 1 aliphatic rings. The van der Waals surface area contributed by atoms with Gasteiger partial charge >= 0.3 is 0 Å². The molecule has 2 aromatic rings. The highest BCUT2D eigenvalue weighted by atomic mass is 15.0. The second kappa shape index (κ2) is 5.33. The van der Waals surface area contributed by atoms with E-state index in [2.05, 4.69) is 43.2 Å². The smallest absolute Gasteiger partial charge is 0.145 e. The van der Waals surface area contributed by atoms with Crippen molar-refractivity contribution in [1.82, 2.24) is 15.3 Å². The van der Waals surface area contributed by atoms with Crippen molar-refractivity contribution in [2.75, 3.05) is 6.54 Å². The first-order valence-corrected chi connectivity index (χ1v) is 7.29. The van der Waals surface area contributed by atoms with Gasteiger partial charge in [-0.3, -0.25) is 0 Å². The molecular weight excluding hydrogens is 246 g/mol. The summed E-state index contributed by atoms with van der Waals surface area (Å²) in [6.07, 6.45) is 4.23. The molecule has 3 rings (SSSR count). The van der Waals surface area contributed by atoms with Crippen molar-refractivity contribution in [2.24, 2.45) is 0 Å². The van der Waals surface area contributed by atoms with Crippen LogP contribution in [0, 0.1) is 20.8 Å². The van der Waals surface area contributed by atoms with E-state index in [1.54, 1.807) is 0 Å². The van der Waals surface area contributed by atoms with E-state index in [1.165, 1.54) is 28.7 Å². The van der Waals surface area contributed by atoms with Crippen molar-refractivity contribution in [1.29, 1.82) is 0 Å². The van der Waals surface area contributed by atoms with E-state index in [0.29, 0.717) is 6.04 Å². The Balaban J connectivity index is 2.04. The van der Waals surface area contributed by atoms with Gasteiger partial charge in [0, 0.05) is 11.8 Å². The zero-order valence-electron chi connectivity index (χ0n) is 12.4. The van der Waals surface area contributed by atoms with Gasteiger partial charge in [-0.15, -0.1) is 0 Å². The summed E-state index contributed by atoms with van der Waals surface area (Å²) in [6, 6.07) is 6.78. The molecule has 20 heavy (non-hydrogen) atoms. The van der Waals surface area contributed by atoms with E-state index in [4.69, 9.17) is 4.98 Å². The molecule has 1 fully saturated rings. The van der Waals surface area contributed by atoms with Crippen LogP contribution < -0.4 is 5.32 Å². The van der Waals surface area contributed by atoms with Crippen LogP contribution in [0.3, 0.4) is 0 Å². The van der Waals surface area contributed by atoms with Crippen LogP contribution >= 0.6 is 0 Å². The van der Waals surface area contributed by atoms with Crippen LogP contribution in [0.2, 0.25) is 0 Å². The van der Waals surface area contributed by atoms with Crippen LogP contribution in [0.1, 0.15) is 41.4 Å². The van der Waals surface area contributed by atoms with Gasteiger partial charge in [0.25, 0.3) is 0 Å². The lowest BCUT2D eigenvalue weighted by Crippen LogP contribution is -2.16. The summed E-state index contributed by atoms with van der Waals surface area (Å²) in [5.74, 6) is 0.930. The van der Waals surface area contributed by atoms with Gasteiger partial charge in [-0.25, -0.2) is 9.97 Å². The molecule has 0 aliphatic carbocycles. The van der Waals surface area contributed by atoms with Crippen molar-refractivity contribution < 1.29 is 0 Å². The number of aromatic nitrogens is 2. The van der Waals surface area contributed by atoms with Crippen LogP contribution in [-0.4, -0.2) is 16.5 Å². The molecule has 0 saturated carbocycles. The van der Waals surface area contributed by atoms with Crippen molar-refractivity contribution in [2.45, 2.75) is 39.7 Å². The van der Waals surface area contributed by atoms with E-state index >= 15 is 0 Å². The highest BCUT2D eigenvalue weighted by molar-refractivity contribution is 5.67. The van der Waals surface area contributed by atoms with Crippen LogP contribution in [0.15, 0.2) is 24.4 Å². The van der Waals surface area contributed by atoms with E-state index in [1.807, 2.05) is 12.3 Å². The molecule has 0 amide bonds. The molecule has 1 N–H and O–H groups in total. The van der Waals surface area contributed by atoms with Crippen molar-refractivity contribution in [3.05, 3.63) is 46.9 Å². The second-order valence-corrected chi connectivity index (χ2v) is 5.72. The SMILES string of the molecule is Cc1cc(C)c(-c2ccnc(C3CCCN3)n2)c(C)c1. The Kier molecular flexibility index (Phi) is 3.53. The average Bonchev–Trinajstić information content (AvgIpc) is 2.91. The van der Waals surface area contributed by atoms with Crippen molar-refractivity contribution in [3.8, 4) is 11.3 Å². The molecule has 3 heteroatoms. The Bertz CT molecular complexity index is 605. The summed E-state index contributed by atoms with van der Waals surface area (Å²) in [4.78, 5) is 9.25. The van der Waals surface area contributed by atoms with Crippen molar-refractivity contribution in [3.63, 3.8) is 0 Å². The molecule has 1 saturated heterocycles. The minimum absolute atomic E-state index is 0.320. The Morgan fingerprint density at radius 1 is 1.15 bits per heavy atom. The molecule has 1 atom stereocenters. The molecule has 1 unspecified atom stereocenters. The third kappa shape index (κ3) is 2.46. The predicted octanol–water partition coefficient (Wildman–Crippen LogP) is 3.49. The fourth-order valence-electron chi connectivity index (χ4n) is 3.17. The first-order valence-electron chi connectivity index (χ1n) is 7.29. The largest absolute Gasteiger partial charge is 0.307 e. The minimum Gasteiger partial charge on any atom is -0.307 e. The molecule has 0 bridgehead atoms. The summed E-state index contributed by atoms with van der Waals surface area (Å²) < 4.78 is 0. The van der Waals surface area contributed by atoms with Crippen LogP contribution in [0.4, 0.5) is 0 Å². The van der Waals surface area contributed by atoms with E-state index < -0.39 is 0 Å². The maximum atomic E-state index is 4.80. The first kappa shape index (κ1) is 13.3. The molecule has 0 radical (unpaired) electrons. The molecule has 1 aliphatic heterocycles. The van der Waals surface area contributed by atoms with Gasteiger partial charge in [-0.05, 0) is 57.4 Å². The summed E-state index contributed by atoms with van der Waals surface area (Å²) in [5, 5.41) is 3.46.